The minimum atomic E-state index is 0.255. The number of nitrogens with one attached hydrogen (secondary N) is 1. The molecule has 2 fully saturated rings. The summed E-state index contributed by atoms with van der Waals surface area (Å²) in [6, 6.07) is 9.64. The lowest BCUT2D eigenvalue weighted by atomic mass is 9.80. The van der Waals surface area contributed by atoms with Crippen molar-refractivity contribution >= 4 is 0 Å². The zero-order chi connectivity index (χ0) is 11.1. The molecule has 0 aromatic heterocycles. The van der Waals surface area contributed by atoms with Gasteiger partial charge >= 0.3 is 0 Å². The lowest BCUT2D eigenvalue weighted by molar-refractivity contribution is 0.410. The number of methoxy groups -OCH3 is 1. The first kappa shape index (κ1) is 10.1. The molecule has 0 spiro atoms. The van der Waals surface area contributed by atoms with E-state index in [1.807, 2.05) is 12.1 Å². The summed E-state index contributed by atoms with van der Waals surface area (Å²) < 4.78 is 5.27. The highest BCUT2D eigenvalue weighted by Gasteiger charge is 2.45. The number of hydrogen-bond acceptors (Lipinski definition) is 3. The number of nitrogens with two attached hydrogens (primary N) is 1. The van der Waals surface area contributed by atoms with E-state index < -0.39 is 0 Å². The van der Waals surface area contributed by atoms with Gasteiger partial charge in [-0.1, -0.05) is 12.1 Å². The van der Waals surface area contributed by atoms with Crippen molar-refractivity contribution in [1.82, 2.24) is 5.32 Å². The van der Waals surface area contributed by atoms with E-state index in [9.17, 15) is 0 Å². The van der Waals surface area contributed by atoms with Gasteiger partial charge in [0.05, 0.1) is 7.11 Å². The van der Waals surface area contributed by atoms with Crippen LogP contribution in [0.2, 0.25) is 0 Å². The minimum absolute atomic E-state index is 0.255. The molecular weight excluding hydrogens is 200 g/mol. The molecule has 4 unspecified atom stereocenters. The first-order valence-electron chi connectivity index (χ1n) is 5.95. The highest BCUT2D eigenvalue weighted by molar-refractivity contribution is 5.35. The molecule has 0 aliphatic carbocycles. The summed E-state index contributed by atoms with van der Waals surface area (Å²) in [4.78, 5) is 0. The Kier molecular flexibility index (Phi) is 2.37. The highest BCUT2D eigenvalue weighted by Crippen LogP contribution is 2.39. The summed E-state index contributed by atoms with van der Waals surface area (Å²) in [7, 11) is 1.71. The van der Waals surface area contributed by atoms with Crippen molar-refractivity contribution in [3.8, 4) is 5.75 Å². The molecule has 0 amide bonds. The van der Waals surface area contributed by atoms with Gasteiger partial charge in [0.25, 0.3) is 0 Å². The van der Waals surface area contributed by atoms with Crippen molar-refractivity contribution in [3.05, 3.63) is 29.8 Å². The first-order valence-corrected chi connectivity index (χ1v) is 5.95. The lowest BCUT2D eigenvalue weighted by Crippen LogP contribution is -2.38. The van der Waals surface area contributed by atoms with Gasteiger partial charge in [-0.15, -0.1) is 0 Å². The normalized spacial score (nSPS) is 36.6. The average molecular weight is 218 g/mol. The Morgan fingerprint density at radius 3 is 2.81 bits per heavy atom. The van der Waals surface area contributed by atoms with E-state index in [0.717, 1.165) is 5.75 Å². The second kappa shape index (κ2) is 3.75. The van der Waals surface area contributed by atoms with Gasteiger partial charge in [0.15, 0.2) is 0 Å². The molecule has 2 aliphatic heterocycles. The van der Waals surface area contributed by atoms with E-state index in [1.165, 1.54) is 18.4 Å². The second-order valence-electron chi connectivity index (χ2n) is 4.84. The number of rotatable bonds is 2. The Hall–Kier alpha value is -1.06. The van der Waals surface area contributed by atoms with Crippen LogP contribution in [0.25, 0.3) is 0 Å². The zero-order valence-electron chi connectivity index (χ0n) is 9.52. The van der Waals surface area contributed by atoms with Crippen LogP contribution in [0.1, 0.15) is 24.3 Å². The van der Waals surface area contributed by atoms with Crippen molar-refractivity contribution in [2.75, 3.05) is 7.11 Å². The van der Waals surface area contributed by atoms with Gasteiger partial charge in [-0.2, -0.15) is 0 Å². The van der Waals surface area contributed by atoms with Crippen LogP contribution in [0.5, 0.6) is 5.75 Å². The van der Waals surface area contributed by atoms with Crippen LogP contribution in [-0.4, -0.2) is 25.2 Å². The van der Waals surface area contributed by atoms with Crippen LogP contribution in [0.3, 0.4) is 0 Å². The molecular formula is C13H18N2O. The molecule has 2 saturated heterocycles. The lowest BCUT2D eigenvalue weighted by Gasteiger charge is -2.26. The highest BCUT2D eigenvalue weighted by atomic mass is 16.5. The molecule has 3 heteroatoms. The number of hydrogen-bond donors (Lipinski definition) is 2. The molecule has 0 saturated carbocycles. The molecule has 1 aromatic rings. The molecule has 0 radical (unpaired) electrons. The van der Waals surface area contributed by atoms with E-state index in [2.05, 4.69) is 17.4 Å². The minimum Gasteiger partial charge on any atom is -0.497 e. The van der Waals surface area contributed by atoms with Crippen molar-refractivity contribution in [2.24, 2.45) is 5.73 Å². The summed E-state index contributed by atoms with van der Waals surface area (Å²) in [6.45, 7) is 0. The molecule has 2 heterocycles. The predicted octanol–water partition coefficient (Wildman–Crippen LogP) is 1.24. The maximum atomic E-state index is 6.28. The van der Waals surface area contributed by atoms with E-state index in [-0.39, 0.29) is 6.04 Å². The SMILES string of the molecule is COc1cccc(C2C3CCC(N3)C2N)c1. The maximum Gasteiger partial charge on any atom is 0.119 e. The molecule has 2 bridgehead atoms. The van der Waals surface area contributed by atoms with Crippen LogP contribution in [0, 0.1) is 0 Å². The summed E-state index contributed by atoms with van der Waals surface area (Å²) in [6.07, 6.45) is 2.48. The van der Waals surface area contributed by atoms with Crippen LogP contribution < -0.4 is 15.8 Å². The topological polar surface area (TPSA) is 47.3 Å². The molecule has 4 atom stereocenters. The Labute approximate surface area is 96.0 Å². The van der Waals surface area contributed by atoms with Crippen LogP contribution in [0.15, 0.2) is 24.3 Å². The summed E-state index contributed by atoms with van der Waals surface area (Å²) in [5.74, 6) is 1.38. The van der Waals surface area contributed by atoms with E-state index >= 15 is 0 Å². The van der Waals surface area contributed by atoms with Gasteiger partial charge in [-0.05, 0) is 30.5 Å². The second-order valence-corrected chi connectivity index (χ2v) is 4.84. The fourth-order valence-corrected chi connectivity index (χ4v) is 3.21. The largest absolute Gasteiger partial charge is 0.497 e. The fraction of sp³-hybridized carbons (Fsp3) is 0.538. The number of benzene rings is 1. The van der Waals surface area contributed by atoms with Crippen molar-refractivity contribution in [3.63, 3.8) is 0 Å². The summed E-state index contributed by atoms with van der Waals surface area (Å²) in [5.41, 5.74) is 7.60. The smallest absolute Gasteiger partial charge is 0.119 e. The third-order valence-electron chi connectivity index (χ3n) is 4.01. The van der Waals surface area contributed by atoms with Gasteiger partial charge in [0.2, 0.25) is 0 Å². The standard InChI is InChI=1S/C13H18N2O/c1-16-9-4-2-3-8(7-9)12-10-5-6-11(15-10)13(12)14/h2-4,7,10-13,15H,5-6,14H2,1H3. The molecule has 2 aliphatic rings. The van der Waals surface area contributed by atoms with Gasteiger partial charge in [0.1, 0.15) is 5.75 Å². The molecule has 3 rings (SSSR count). The summed E-state index contributed by atoms with van der Waals surface area (Å²) in [5, 5.41) is 3.60. The van der Waals surface area contributed by atoms with Gasteiger partial charge < -0.3 is 15.8 Å². The number of fused-ring (bicyclic) bond motifs is 2. The van der Waals surface area contributed by atoms with E-state index in [0.29, 0.717) is 18.0 Å². The van der Waals surface area contributed by atoms with Gasteiger partial charge in [0, 0.05) is 24.0 Å². The van der Waals surface area contributed by atoms with Crippen LogP contribution in [-0.2, 0) is 0 Å². The molecule has 3 N–H and O–H groups in total. The van der Waals surface area contributed by atoms with Crippen molar-refractivity contribution < 1.29 is 4.74 Å². The molecule has 16 heavy (non-hydrogen) atoms. The average Bonchev–Trinajstić information content (AvgIpc) is 2.89. The Bertz CT molecular complexity index is 391. The molecule has 1 aromatic carbocycles. The monoisotopic (exact) mass is 218 g/mol. The van der Waals surface area contributed by atoms with Crippen LogP contribution in [0.4, 0.5) is 0 Å². The third kappa shape index (κ3) is 1.43. The maximum absolute atomic E-state index is 6.28. The van der Waals surface area contributed by atoms with E-state index in [1.54, 1.807) is 7.11 Å². The van der Waals surface area contributed by atoms with Gasteiger partial charge in [-0.3, -0.25) is 0 Å². The molecule has 86 valence electrons. The van der Waals surface area contributed by atoms with Gasteiger partial charge in [-0.25, -0.2) is 0 Å². The Morgan fingerprint density at radius 1 is 1.31 bits per heavy atom. The van der Waals surface area contributed by atoms with Crippen molar-refractivity contribution in [2.45, 2.75) is 36.9 Å². The van der Waals surface area contributed by atoms with E-state index in [4.69, 9.17) is 10.5 Å². The number of ether oxygens (including phenoxy) is 1. The first-order chi connectivity index (χ1) is 7.79. The fourth-order valence-electron chi connectivity index (χ4n) is 3.21. The van der Waals surface area contributed by atoms with Crippen LogP contribution >= 0.6 is 0 Å². The predicted molar refractivity (Wildman–Crippen MR) is 63.7 cm³/mol. The molecule has 3 nitrogen and oxygen atoms in total. The van der Waals surface area contributed by atoms with Crippen molar-refractivity contribution in [1.29, 1.82) is 0 Å². The Morgan fingerprint density at radius 2 is 2.12 bits per heavy atom. The zero-order valence-corrected chi connectivity index (χ0v) is 9.52. The third-order valence-corrected chi connectivity index (χ3v) is 4.01. The Balaban J connectivity index is 1.91. The summed E-state index contributed by atoms with van der Waals surface area (Å²) >= 11 is 0. The quantitative estimate of drug-likeness (QED) is 0.785.